The first-order valence-electron chi connectivity index (χ1n) is 7.20. The quantitative estimate of drug-likeness (QED) is 0.905. The summed E-state index contributed by atoms with van der Waals surface area (Å²) in [5.74, 6) is -1.60. The minimum Gasteiger partial charge on any atom is -0.313 e. The summed E-state index contributed by atoms with van der Waals surface area (Å²) in [6.07, 6.45) is 0.973. The van der Waals surface area contributed by atoms with Crippen LogP contribution in [-0.2, 0) is 13.1 Å². The molecule has 0 spiro atoms. The molecule has 3 rings (SSSR count). The second-order valence-corrected chi connectivity index (χ2v) is 5.35. The van der Waals surface area contributed by atoms with Crippen molar-refractivity contribution in [3.05, 3.63) is 70.8 Å². The van der Waals surface area contributed by atoms with Crippen LogP contribution >= 0.6 is 0 Å². The Labute approximate surface area is 123 Å². The first kappa shape index (κ1) is 14.2. The summed E-state index contributed by atoms with van der Waals surface area (Å²) in [7, 11) is 0. The molecule has 0 saturated heterocycles. The van der Waals surface area contributed by atoms with Crippen LogP contribution in [0.2, 0.25) is 0 Å². The van der Waals surface area contributed by atoms with Crippen LogP contribution in [0.4, 0.5) is 8.78 Å². The Morgan fingerprint density at radius 3 is 2.81 bits per heavy atom. The zero-order chi connectivity index (χ0) is 14.7. The second-order valence-electron chi connectivity index (χ2n) is 5.35. The van der Waals surface area contributed by atoms with E-state index in [1.54, 1.807) is 6.07 Å². The lowest BCUT2D eigenvalue weighted by Gasteiger charge is -2.19. The largest absolute Gasteiger partial charge is 0.313 e. The van der Waals surface area contributed by atoms with Gasteiger partial charge in [0.2, 0.25) is 0 Å². The molecule has 0 saturated carbocycles. The van der Waals surface area contributed by atoms with E-state index < -0.39 is 11.6 Å². The molecular formula is C17H18F2N2. The van der Waals surface area contributed by atoms with Crippen LogP contribution < -0.4 is 10.6 Å². The molecule has 0 aliphatic carbocycles. The Kier molecular flexibility index (Phi) is 4.27. The van der Waals surface area contributed by atoms with Crippen LogP contribution in [0.15, 0.2) is 42.5 Å². The van der Waals surface area contributed by atoms with Gasteiger partial charge in [-0.05, 0) is 41.8 Å². The maximum absolute atomic E-state index is 13.2. The highest BCUT2D eigenvalue weighted by Crippen LogP contribution is 2.24. The molecule has 4 heteroatoms. The van der Waals surface area contributed by atoms with E-state index in [-0.39, 0.29) is 6.04 Å². The third kappa shape index (κ3) is 3.28. The molecule has 0 fully saturated rings. The van der Waals surface area contributed by atoms with Crippen LogP contribution in [-0.4, -0.2) is 6.54 Å². The van der Waals surface area contributed by atoms with Crippen molar-refractivity contribution >= 4 is 0 Å². The van der Waals surface area contributed by atoms with E-state index in [0.717, 1.165) is 25.1 Å². The van der Waals surface area contributed by atoms with E-state index in [1.807, 2.05) is 12.1 Å². The monoisotopic (exact) mass is 288 g/mol. The first-order valence-corrected chi connectivity index (χ1v) is 7.20. The van der Waals surface area contributed by atoms with Gasteiger partial charge >= 0.3 is 0 Å². The number of hydrogen-bond donors (Lipinski definition) is 2. The van der Waals surface area contributed by atoms with Crippen molar-refractivity contribution in [3.8, 4) is 0 Å². The number of rotatable bonds is 3. The van der Waals surface area contributed by atoms with Gasteiger partial charge in [-0.25, -0.2) is 8.78 Å². The third-order valence-electron chi connectivity index (χ3n) is 3.89. The number of hydrogen-bond acceptors (Lipinski definition) is 2. The van der Waals surface area contributed by atoms with Crippen LogP contribution in [0.3, 0.4) is 0 Å². The van der Waals surface area contributed by atoms with Gasteiger partial charge in [0.1, 0.15) is 0 Å². The number of fused-ring (bicyclic) bond motifs is 1. The van der Waals surface area contributed by atoms with E-state index in [1.165, 1.54) is 23.3 Å². The normalized spacial score (nSPS) is 18.1. The van der Waals surface area contributed by atoms with Crippen LogP contribution in [0, 0.1) is 11.6 Å². The summed E-state index contributed by atoms with van der Waals surface area (Å²) >= 11 is 0. The molecule has 0 radical (unpaired) electrons. The SMILES string of the molecule is Fc1ccc(CNC2CCNCc3ccccc32)cc1F. The van der Waals surface area contributed by atoms with Gasteiger partial charge in [0.15, 0.2) is 11.6 Å². The van der Waals surface area contributed by atoms with Gasteiger partial charge in [0.05, 0.1) is 0 Å². The van der Waals surface area contributed by atoms with Crippen LogP contribution in [0.1, 0.15) is 29.2 Å². The van der Waals surface area contributed by atoms with E-state index in [0.29, 0.717) is 6.54 Å². The fourth-order valence-corrected chi connectivity index (χ4v) is 2.76. The maximum Gasteiger partial charge on any atom is 0.159 e. The lowest BCUT2D eigenvalue weighted by atomic mass is 9.99. The van der Waals surface area contributed by atoms with E-state index in [9.17, 15) is 8.78 Å². The summed E-state index contributed by atoms with van der Waals surface area (Å²) < 4.78 is 26.2. The number of benzene rings is 2. The molecule has 2 nitrogen and oxygen atoms in total. The van der Waals surface area contributed by atoms with Crippen molar-refractivity contribution < 1.29 is 8.78 Å². The van der Waals surface area contributed by atoms with E-state index >= 15 is 0 Å². The van der Waals surface area contributed by atoms with Gasteiger partial charge in [-0.15, -0.1) is 0 Å². The Bertz CT molecular complexity index is 628. The highest BCUT2D eigenvalue weighted by atomic mass is 19.2. The van der Waals surface area contributed by atoms with E-state index in [4.69, 9.17) is 0 Å². The molecule has 0 amide bonds. The fraction of sp³-hybridized carbons (Fsp3) is 0.294. The van der Waals surface area contributed by atoms with Gasteiger partial charge in [0.25, 0.3) is 0 Å². The number of halogens is 2. The molecule has 21 heavy (non-hydrogen) atoms. The molecule has 1 atom stereocenters. The van der Waals surface area contributed by atoms with E-state index in [2.05, 4.69) is 22.8 Å². The highest BCUT2D eigenvalue weighted by molar-refractivity contribution is 5.31. The van der Waals surface area contributed by atoms with Crippen molar-refractivity contribution in [2.45, 2.75) is 25.6 Å². The minimum absolute atomic E-state index is 0.226. The minimum atomic E-state index is -0.803. The number of nitrogens with one attached hydrogen (secondary N) is 2. The first-order chi connectivity index (χ1) is 10.2. The predicted octanol–water partition coefficient (Wildman–Crippen LogP) is 3.29. The van der Waals surface area contributed by atoms with Gasteiger partial charge in [-0.3, -0.25) is 0 Å². The van der Waals surface area contributed by atoms with Gasteiger partial charge in [-0.2, -0.15) is 0 Å². The fourth-order valence-electron chi connectivity index (χ4n) is 2.76. The maximum atomic E-state index is 13.2. The zero-order valence-electron chi connectivity index (χ0n) is 11.7. The van der Waals surface area contributed by atoms with Crippen molar-refractivity contribution in [1.82, 2.24) is 10.6 Å². The highest BCUT2D eigenvalue weighted by Gasteiger charge is 2.17. The van der Waals surface area contributed by atoms with Gasteiger partial charge in [0, 0.05) is 19.1 Å². The van der Waals surface area contributed by atoms with Gasteiger partial charge in [-0.1, -0.05) is 30.3 Å². The van der Waals surface area contributed by atoms with Crippen molar-refractivity contribution in [3.63, 3.8) is 0 Å². The van der Waals surface area contributed by atoms with Crippen molar-refractivity contribution in [2.75, 3.05) is 6.54 Å². The average molecular weight is 288 g/mol. The zero-order valence-corrected chi connectivity index (χ0v) is 11.7. The Balaban J connectivity index is 1.74. The topological polar surface area (TPSA) is 24.1 Å². The molecule has 1 heterocycles. The third-order valence-corrected chi connectivity index (χ3v) is 3.89. The molecule has 2 aromatic rings. The lowest BCUT2D eigenvalue weighted by molar-refractivity contribution is 0.487. The molecular weight excluding hydrogens is 270 g/mol. The predicted molar refractivity (Wildman–Crippen MR) is 78.7 cm³/mol. The Hall–Kier alpha value is -1.78. The molecule has 1 aliphatic heterocycles. The smallest absolute Gasteiger partial charge is 0.159 e. The summed E-state index contributed by atoms with van der Waals surface area (Å²) in [5.41, 5.74) is 3.33. The lowest BCUT2D eigenvalue weighted by Crippen LogP contribution is -2.22. The molecule has 2 aromatic carbocycles. The molecule has 1 unspecified atom stereocenters. The second kappa shape index (κ2) is 6.33. The molecule has 110 valence electrons. The summed E-state index contributed by atoms with van der Waals surface area (Å²) in [4.78, 5) is 0. The Morgan fingerprint density at radius 1 is 1.10 bits per heavy atom. The summed E-state index contributed by atoms with van der Waals surface area (Å²) in [6, 6.07) is 12.6. The Morgan fingerprint density at radius 2 is 1.95 bits per heavy atom. The van der Waals surface area contributed by atoms with Gasteiger partial charge < -0.3 is 10.6 Å². The van der Waals surface area contributed by atoms with Crippen LogP contribution in [0.5, 0.6) is 0 Å². The standard InChI is InChI=1S/C17H18F2N2/c18-15-6-5-12(9-16(15)19)10-21-17-7-8-20-11-13-3-1-2-4-14(13)17/h1-6,9,17,20-21H,7-8,10-11H2. The van der Waals surface area contributed by atoms with Crippen molar-refractivity contribution in [2.24, 2.45) is 0 Å². The molecule has 1 aliphatic rings. The summed E-state index contributed by atoms with van der Waals surface area (Å²) in [5, 5.41) is 6.85. The molecule has 0 bridgehead atoms. The molecule has 0 aromatic heterocycles. The average Bonchev–Trinajstić information content (AvgIpc) is 2.71. The van der Waals surface area contributed by atoms with Crippen molar-refractivity contribution in [1.29, 1.82) is 0 Å². The van der Waals surface area contributed by atoms with Crippen LogP contribution in [0.25, 0.3) is 0 Å². The summed E-state index contributed by atoms with van der Waals surface area (Å²) in [6.45, 7) is 2.33. The molecule has 2 N–H and O–H groups in total.